The Hall–Kier alpha value is -2.37. The summed E-state index contributed by atoms with van der Waals surface area (Å²) in [4.78, 5) is 39.8. The van der Waals surface area contributed by atoms with Crippen LogP contribution in [0.25, 0.3) is 0 Å². The van der Waals surface area contributed by atoms with Gasteiger partial charge < -0.3 is 15.1 Å². The van der Waals surface area contributed by atoms with Crippen molar-refractivity contribution >= 4 is 17.7 Å². The first kappa shape index (κ1) is 19.4. The standard InChI is InChI=1S/C21H29N3O3/c1-16-5-7-17(8-6-16)9-13-24-15-18(14-20(24)26)21(27)22-10-3-12-23-11-2-4-19(23)25/h5-8,18H,2-4,9-15H2,1H3,(H,22,27)/t18-/m1/s1. The summed E-state index contributed by atoms with van der Waals surface area (Å²) in [6.07, 6.45) is 3.45. The fourth-order valence-corrected chi connectivity index (χ4v) is 3.75. The highest BCUT2D eigenvalue weighted by Crippen LogP contribution is 2.18. The Morgan fingerprint density at radius 2 is 1.89 bits per heavy atom. The highest BCUT2D eigenvalue weighted by atomic mass is 16.2. The van der Waals surface area contributed by atoms with E-state index in [0.717, 1.165) is 25.8 Å². The first-order valence-electron chi connectivity index (χ1n) is 9.92. The van der Waals surface area contributed by atoms with E-state index in [1.54, 1.807) is 4.90 Å². The number of nitrogens with zero attached hydrogens (tertiary/aromatic N) is 2. The van der Waals surface area contributed by atoms with Crippen molar-refractivity contribution in [1.82, 2.24) is 15.1 Å². The Labute approximate surface area is 160 Å². The molecule has 2 fully saturated rings. The fourth-order valence-electron chi connectivity index (χ4n) is 3.75. The molecule has 0 saturated carbocycles. The molecule has 1 aromatic rings. The zero-order valence-electron chi connectivity index (χ0n) is 16.1. The van der Waals surface area contributed by atoms with E-state index in [1.807, 2.05) is 4.90 Å². The average molecular weight is 371 g/mol. The molecular formula is C21H29N3O3. The van der Waals surface area contributed by atoms with Crippen molar-refractivity contribution in [1.29, 1.82) is 0 Å². The number of amides is 3. The molecule has 146 valence electrons. The van der Waals surface area contributed by atoms with Gasteiger partial charge in [0.25, 0.3) is 0 Å². The van der Waals surface area contributed by atoms with Gasteiger partial charge in [-0.3, -0.25) is 14.4 Å². The number of nitrogens with one attached hydrogen (secondary N) is 1. The maximum absolute atomic E-state index is 12.3. The van der Waals surface area contributed by atoms with Crippen molar-refractivity contribution in [3.05, 3.63) is 35.4 Å². The normalized spacial score (nSPS) is 19.8. The topological polar surface area (TPSA) is 69.7 Å². The number of carbonyl (C=O) groups is 3. The van der Waals surface area contributed by atoms with Crippen LogP contribution in [0.4, 0.5) is 0 Å². The van der Waals surface area contributed by atoms with Crippen LogP contribution in [0.5, 0.6) is 0 Å². The fraction of sp³-hybridized carbons (Fsp3) is 0.571. The Bertz CT molecular complexity index is 686. The second-order valence-electron chi connectivity index (χ2n) is 7.61. The third-order valence-corrected chi connectivity index (χ3v) is 5.45. The lowest BCUT2D eigenvalue weighted by Crippen LogP contribution is -2.35. The molecule has 3 amide bonds. The van der Waals surface area contributed by atoms with E-state index < -0.39 is 0 Å². The molecule has 0 radical (unpaired) electrons. The van der Waals surface area contributed by atoms with Crippen LogP contribution in [-0.4, -0.2) is 60.2 Å². The highest BCUT2D eigenvalue weighted by Gasteiger charge is 2.33. The average Bonchev–Trinajstić information content (AvgIpc) is 3.23. The van der Waals surface area contributed by atoms with Gasteiger partial charge in [-0.05, 0) is 31.7 Å². The van der Waals surface area contributed by atoms with Crippen molar-refractivity contribution in [3.63, 3.8) is 0 Å². The number of aryl methyl sites for hydroxylation is 1. The second kappa shape index (κ2) is 9.02. The number of rotatable bonds is 8. The van der Waals surface area contributed by atoms with Crippen molar-refractivity contribution in [3.8, 4) is 0 Å². The van der Waals surface area contributed by atoms with Gasteiger partial charge in [-0.2, -0.15) is 0 Å². The van der Waals surface area contributed by atoms with Crippen molar-refractivity contribution in [2.45, 2.75) is 39.0 Å². The predicted octanol–water partition coefficient (Wildman–Crippen LogP) is 1.51. The number of likely N-dealkylation sites (tertiary alicyclic amines) is 2. The van der Waals surface area contributed by atoms with E-state index in [1.165, 1.54) is 11.1 Å². The molecule has 2 aliphatic rings. The minimum absolute atomic E-state index is 0.0473. The number of benzene rings is 1. The Morgan fingerprint density at radius 3 is 2.59 bits per heavy atom. The highest BCUT2D eigenvalue weighted by molar-refractivity contribution is 5.89. The molecular weight excluding hydrogens is 342 g/mol. The first-order valence-corrected chi connectivity index (χ1v) is 9.92. The van der Waals surface area contributed by atoms with Gasteiger partial charge in [0.15, 0.2) is 0 Å². The number of hydrogen-bond donors (Lipinski definition) is 1. The summed E-state index contributed by atoms with van der Waals surface area (Å²) in [7, 11) is 0. The van der Waals surface area contributed by atoms with Gasteiger partial charge in [-0.1, -0.05) is 29.8 Å². The minimum atomic E-state index is -0.260. The van der Waals surface area contributed by atoms with Crippen LogP contribution in [0.1, 0.15) is 36.8 Å². The van der Waals surface area contributed by atoms with Gasteiger partial charge >= 0.3 is 0 Å². The van der Waals surface area contributed by atoms with Crippen molar-refractivity contribution in [2.24, 2.45) is 5.92 Å². The first-order chi connectivity index (χ1) is 13.0. The summed E-state index contributed by atoms with van der Waals surface area (Å²) >= 11 is 0. The van der Waals surface area contributed by atoms with Gasteiger partial charge in [-0.15, -0.1) is 0 Å². The molecule has 2 heterocycles. The van der Waals surface area contributed by atoms with Crippen LogP contribution in [0.3, 0.4) is 0 Å². The Balaban J connectivity index is 1.36. The lowest BCUT2D eigenvalue weighted by Gasteiger charge is -2.17. The monoisotopic (exact) mass is 371 g/mol. The molecule has 1 atom stereocenters. The summed E-state index contributed by atoms with van der Waals surface area (Å²) in [5.41, 5.74) is 2.43. The van der Waals surface area contributed by atoms with E-state index in [0.29, 0.717) is 39.0 Å². The van der Waals surface area contributed by atoms with Crippen molar-refractivity contribution < 1.29 is 14.4 Å². The molecule has 2 aliphatic heterocycles. The molecule has 1 N–H and O–H groups in total. The van der Waals surface area contributed by atoms with Crippen molar-refractivity contribution in [2.75, 3.05) is 32.7 Å². The Kier molecular flexibility index (Phi) is 6.48. The number of hydrogen-bond acceptors (Lipinski definition) is 3. The molecule has 1 aromatic carbocycles. The third kappa shape index (κ3) is 5.31. The zero-order chi connectivity index (χ0) is 19.2. The van der Waals surface area contributed by atoms with E-state index in [9.17, 15) is 14.4 Å². The third-order valence-electron chi connectivity index (χ3n) is 5.45. The molecule has 27 heavy (non-hydrogen) atoms. The van der Waals surface area contributed by atoms with E-state index in [4.69, 9.17) is 0 Å². The summed E-state index contributed by atoms with van der Waals surface area (Å²) < 4.78 is 0. The summed E-state index contributed by atoms with van der Waals surface area (Å²) in [5.74, 6) is -0.0327. The lowest BCUT2D eigenvalue weighted by molar-refractivity contribution is -0.129. The second-order valence-corrected chi connectivity index (χ2v) is 7.61. The molecule has 0 aliphatic carbocycles. The molecule has 6 heteroatoms. The molecule has 0 bridgehead atoms. The van der Waals surface area contributed by atoms with Crippen LogP contribution in [0.15, 0.2) is 24.3 Å². The smallest absolute Gasteiger partial charge is 0.225 e. The zero-order valence-corrected chi connectivity index (χ0v) is 16.1. The Morgan fingerprint density at radius 1 is 1.11 bits per heavy atom. The summed E-state index contributed by atoms with van der Waals surface area (Å²) in [5, 5.41) is 2.93. The quantitative estimate of drug-likeness (QED) is 0.705. The summed E-state index contributed by atoms with van der Waals surface area (Å²) in [6.45, 7) is 5.30. The predicted molar refractivity (Wildman–Crippen MR) is 103 cm³/mol. The SMILES string of the molecule is Cc1ccc(CCN2C[C@H](C(=O)NCCCN3CCCC3=O)CC2=O)cc1. The van der Waals surface area contributed by atoms with Gasteiger partial charge in [0.1, 0.15) is 0 Å². The molecule has 0 aromatic heterocycles. The van der Waals surface area contributed by atoms with Crippen LogP contribution >= 0.6 is 0 Å². The summed E-state index contributed by atoms with van der Waals surface area (Å²) in [6, 6.07) is 8.33. The van der Waals surface area contributed by atoms with Crippen LogP contribution in [-0.2, 0) is 20.8 Å². The van der Waals surface area contributed by atoms with Crippen LogP contribution < -0.4 is 5.32 Å². The maximum Gasteiger partial charge on any atom is 0.225 e. The molecule has 0 spiro atoms. The van der Waals surface area contributed by atoms with Crippen LogP contribution in [0, 0.1) is 12.8 Å². The lowest BCUT2D eigenvalue weighted by atomic mass is 10.1. The van der Waals surface area contributed by atoms with Gasteiger partial charge in [-0.25, -0.2) is 0 Å². The minimum Gasteiger partial charge on any atom is -0.356 e. The van der Waals surface area contributed by atoms with E-state index >= 15 is 0 Å². The number of carbonyl (C=O) groups excluding carboxylic acids is 3. The van der Waals surface area contributed by atoms with Gasteiger partial charge in [0.05, 0.1) is 5.92 Å². The van der Waals surface area contributed by atoms with Gasteiger partial charge in [0, 0.05) is 45.6 Å². The van der Waals surface area contributed by atoms with Crippen LogP contribution in [0.2, 0.25) is 0 Å². The molecule has 2 saturated heterocycles. The van der Waals surface area contributed by atoms with E-state index in [2.05, 4.69) is 36.5 Å². The van der Waals surface area contributed by atoms with Gasteiger partial charge in [0.2, 0.25) is 17.7 Å². The molecule has 0 unspecified atom stereocenters. The van der Waals surface area contributed by atoms with E-state index in [-0.39, 0.29) is 23.6 Å². The largest absolute Gasteiger partial charge is 0.356 e. The molecule has 3 rings (SSSR count). The molecule has 6 nitrogen and oxygen atoms in total. The maximum atomic E-state index is 12.3.